The second-order valence-electron chi connectivity index (χ2n) is 4.84. The Morgan fingerprint density at radius 1 is 1.37 bits per heavy atom. The van der Waals surface area contributed by atoms with Gasteiger partial charge in [0.25, 0.3) is 0 Å². The quantitative estimate of drug-likeness (QED) is 0.846. The van der Waals surface area contributed by atoms with Gasteiger partial charge in [-0.1, -0.05) is 24.2 Å². The summed E-state index contributed by atoms with van der Waals surface area (Å²) in [5, 5.41) is 4.07. The molecule has 3 nitrogen and oxygen atoms in total. The minimum absolute atomic E-state index is 0.242. The molecule has 0 amide bonds. The molecule has 5 heteroatoms. The molecule has 1 aliphatic carbocycles. The van der Waals surface area contributed by atoms with Gasteiger partial charge in [-0.05, 0) is 25.0 Å². The van der Waals surface area contributed by atoms with Crippen molar-refractivity contribution in [3.05, 3.63) is 24.0 Å². The molecule has 0 radical (unpaired) electrons. The Morgan fingerprint density at radius 3 is 3.05 bits per heavy atom. The van der Waals surface area contributed by atoms with Gasteiger partial charge in [-0.15, -0.1) is 0 Å². The Hall–Kier alpha value is -1.20. The molecular formula is C14H17FN2OS. The zero-order chi connectivity index (χ0) is 13.1. The third kappa shape index (κ3) is 3.22. The van der Waals surface area contributed by atoms with Crippen LogP contribution >= 0.6 is 11.3 Å². The van der Waals surface area contributed by atoms with Crippen LogP contribution in [0, 0.1) is 5.82 Å². The summed E-state index contributed by atoms with van der Waals surface area (Å²) < 4.78 is 19.8. The monoisotopic (exact) mass is 280 g/mol. The Labute approximate surface area is 115 Å². The van der Waals surface area contributed by atoms with Crippen molar-refractivity contribution < 1.29 is 9.13 Å². The number of hydrogen-bond donors (Lipinski definition) is 1. The molecule has 0 atom stereocenters. The van der Waals surface area contributed by atoms with E-state index in [1.54, 1.807) is 17.4 Å². The molecule has 19 heavy (non-hydrogen) atoms. The van der Waals surface area contributed by atoms with Gasteiger partial charge in [0.1, 0.15) is 5.82 Å². The highest BCUT2D eigenvalue weighted by atomic mass is 32.1. The molecule has 2 aromatic rings. The third-order valence-corrected chi connectivity index (χ3v) is 4.38. The number of aromatic nitrogens is 1. The predicted molar refractivity (Wildman–Crippen MR) is 76.3 cm³/mol. The lowest BCUT2D eigenvalue weighted by molar-refractivity contribution is 0.0659. The minimum atomic E-state index is -0.242. The maximum atomic E-state index is 13.0. The third-order valence-electron chi connectivity index (χ3n) is 3.38. The fourth-order valence-corrected chi connectivity index (χ4v) is 3.29. The van der Waals surface area contributed by atoms with Crippen molar-refractivity contribution in [1.82, 2.24) is 4.98 Å². The average Bonchev–Trinajstić information content (AvgIpc) is 3.02. The van der Waals surface area contributed by atoms with Crippen molar-refractivity contribution in [2.75, 3.05) is 18.5 Å². The highest BCUT2D eigenvalue weighted by Gasteiger charge is 2.14. The molecular weight excluding hydrogens is 263 g/mol. The van der Waals surface area contributed by atoms with Crippen molar-refractivity contribution in [2.24, 2.45) is 0 Å². The van der Waals surface area contributed by atoms with E-state index < -0.39 is 0 Å². The van der Waals surface area contributed by atoms with Gasteiger partial charge in [-0.25, -0.2) is 9.37 Å². The van der Waals surface area contributed by atoms with Gasteiger partial charge in [-0.3, -0.25) is 0 Å². The van der Waals surface area contributed by atoms with Crippen LogP contribution in [0.3, 0.4) is 0 Å². The summed E-state index contributed by atoms with van der Waals surface area (Å²) in [6, 6.07) is 4.70. The second kappa shape index (κ2) is 5.84. The molecule has 1 aliphatic rings. The van der Waals surface area contributed by atoms with Crippen LogP contribution < -0.4 is 5.32 Å². The Kier molecular flexibility index (Phi) is 3.94. The smallest absolute Gasteiger partial charge is 0.183 e. The molecule has 1 N–H and O–H groups in total. The van der Waals surface area contributed by atoms with E-state index in [-0.39, 0.29) is 5.82 Å². The number of fused-ring (bicyclic) bond motifs is 1. The summed E-state index contributed by atoms with van der Waals surface area (Å²) in [5.74, 6) is -0.242. The predicted octanol–water partition coefficient (Wildman–Crippen LogP) is 3.81. The van der Waals surface area contributed by atoms with Gasteiger partial charge in [0.15, 0.2) is 5.13 Å². The molecule has 1 heterocycles. The normalized spacial score (nSPS) is 16.3. The molecule has 3 rings (SSSR count). The van der Waals surface area contributed by atoms with Crippen molar-refractivity contribution in [2.45, 2.75) is 31.8 Å². The van der Waals surface area contributed by atoms with Crippen molar-refractivity contribution in [3.8, 4) is 0 Å². The number of rotatable bonds is 5. The first-order valence-electron chi connectivity index (χ1n) is 6.73. The van der Waals surface area contributed by atoms with E-state index >= 15 is 0 Å². The van der Waals surface area contributed by atoms with Gasteiger partial charge in [0.2, 0.25) is 0 Å². The van der Waals surface area contributed by atoms with Gasteiger partial charge >= 0.3 is 0 Å². The van der Waals surface area contributed by atoms with E-state index in [0.29, 0.717) is 18.2 Å². The summed E-state index contributed by atoms with van der Waals surface area (Å²) in [7, 11) is 0. The van der Waals surface area contributed by atoms with Crippen LogP contribution in [0.1, 0.15) is 25.7 Å². The fourth-order valence-electron chi connectivity index (χ4n) is 2.41. The lowest BCUT2D eigenvalue weighted by Crippen LogP contribution is -2.15. The number of anilines is 1. The van der Waals surface area contributed by atoms with E-state index in [4.69, 9.17) is 4.74 Å². The first kappa shape index (κ1) is 12.8. The largest absolute Gasteiger partial charge is 0.376 e. The molecule has 1 aromatic carbocycles. The highest BCUT2D eigenvalue weighted by molar-refractivity contribution is 7.22. The van der Waals surface area contributed by atoms with E-state index in [1.165, 1.54) is 37.8 Å². The van der Waals surface area contributed by atoms with Crippen LogP contribution in [-0.4, -0.2) is 24.2 Å². The molecule has 0 aliphatic heterocycles. The van der Waals surface area contributed by atoms with E-state index in [9.17, 15) is 4.39 Å². The first-order chi connectivity index (χ1) is 9.31. The van der Waals surface area contributed by atoms with Crippen LogP contribution in [-0.2, 0) is 4.74 Å². The summed E-state index contributed by atoms with van der Waals surface area (Å²) in [4.78, 5) is 4.35. The summed E-state index contributed by atoms with van der Waals surface area (Å²) in [5.41, 5.74) is 0.712. The molecule has 0 spiro atoms. The topological polar surface area (TPSA) is 34.1 Å². The lowest BCUT2D eigenvalue weighted by Gasteiger charge is -2.10. The lowest BCUT2D eigenvalue weighted by atomic mass is 10.3. The van der Waals surface area contributed by atoms with Crippen LogP contribution in [0.4, 0.5) is 9.52 Å². The minimum Gasteiger partial charge on any atom is -0.376 e. The second-order valence-corrected chi connectivity index (χ2v) is 5.87. The van der Waals surface area contributed by atoms with Crippen LogP contribution in [0.5, 0.6) is 0 Å². The molecule has 1 saturated carbocycles. The Morgan fingerprint density at radius 2 is 2.21 bits per heavy atom. The summed E-state index contributed by atoms with van der Waals surface area (Å²) >= 11 is 1.54. The van der Waals surface area contributed by atoms with Gasteiger partial charge in [0.05, 0.1) is 22.9 Å². The molecule has 0 unspecified atom stereocenters. The van der Waals surface area contributed by atoms with E-state index in [1.807, 2.05) is 0 Å². The number of ether oxygens (including phenoxy) is 1. The van der Waals surface area contributed by atoms with E-state index in [0.717, 1.165) is 16.4 Å². The van der Waals surface area contributed by atoms with Crippen LogP contribution in [0.15, 0.2) is 18.2 Å². The van der Waals surface area contributed by atoms with Crippen LogP contribution in [0.25, 0.3) is 10.2 Å². The number of nitrogens with zero attached hydrogens (tertiary/aromatic N) is 1. The van der Waals surface area contributed by atoms with Crippen molar-refractivity contribution in [3.63, 3.8) is 0 Å². The Balaban J connectivity index is 1.50. The van der Waals surface area contributed by atoms with Gasteiger partial charge < -0.3 is 10.1 Å². The molecule has 1 aromatic heterocycles. The number of benzene rings is 1. The zero-order valence-corrected chi connectivity index (χ0v) is 11.5. The zero-order valence-electron chi connectivity index (χ0n) is 10.7. The van der Waals surface area contributed by atoms with Gasteiger partial charge in [-0.2, -0.15) is 0 Å². The Bertz CT molecular complexity index is 551. The maximum Gasteiger partial charge on any atom is 0.183 e. The number of hydrogen-bond acceptors (Lipinski definition) is 4. The highest BCUT2D eigenvalue weighted by Crippen LogP contribution is 2.26. The molecule has 1 fully saturated rings. The molecule has 0 saturated heterocycles. The maximum absolute atomic E-state index is 13.0. The number of halogens is 1. The summed E-state index contributed by atoms with van der Waals surface area (Å²) in [6.07, 6.45) is 5.43. The van der Waals surface area contributed by atoms with Crippen molar-refractivity contribution in [1.29, 1.82) is 0 Å². The van der Waals surface area contributed by atoms with Crippen molar-refractivity contribution >= 4 is 26.7 Å². The molecule has 102 valence electrons. The average molecular weight is 280 g/mol. The SMILES string of the molecule is Fc1ccc2sc(NCCOC3CCCC3)nc2c1. The summed E-state index contributed by atoms with van der Waals surface area (Å²) in [6.45, 7) is 1.45. The fraction of sp³-hybridized carbons (Fsp3) is 0.500. The first-order valence-corrected chi connectivity index (χ1v) is 7.54. The number of nitrogens with one attached hydrogen (secondary N) is 1. The molecule has 0 bridgehead atoms. The van der Waals surface area contributed by atoms with E-state index in [2.05, 4.69) is 10.3 Å². The van der Waals surface area contributed by atoms with Gasteiger partial charge in [0, 0.05) is 12.6 Å². The van der Waals surface area contributed by atoms with Crippen LogP contribution in [0.2, 0.25) is 0 Å². The standard InChI is InChI=1S/C14H17FN2OS/c15-10-5-6-13-12(9-10)17-14(19-13)16-7-8-18-11-3-1-2-4-11/h5-6,9,11H,1-4,7-8H2,(H,16,17). The number of thiazole rings is 1.